The van der Waals surface area contributed by atoms with Gasteiger partial charge < -0.3 is 19.7 Å². The van der Waals surface area contributed by atoms with Gasteiger partial charge in [0.05, 0.1) is 11.7 Å². The lowest BCUT2D eigenvalue weighted by Gasteiger charge is -2.16. The average molecular weight is 475 g/mol. The molecule has 0 spiro atoms. The predicted octanol–water partition coefficient (Wildman–Crippen LogP) is 4.47. The molecule has 1 fully saturated rings. The standard InChI is InChI=1S/C28H27FN2O4/c29-24-8-2-1-5-21(24)15-30-27(32)20-12-10-19(11-13-20)16-31-17-22-6-3-9-25(26(22)28(31)33)35-18-23-7-4-14-34-23/h1-3,5-6,8-13,23H,4,7,14-18H2,(H,30,32). The predicted molar refractivity (Wildman–Crippen MR) is 129 cm³/mol. The molecule has 0 radical (unpaired) electrons. The monoisotopic (exact) mass is 474 g/mol. The van der Waals surface area contributed by atoms with Crippen molar-refractivity contribution in [2.24, 2.45) is 0 Å². The van der Waals surface area contributed by atoms with E-state index in [1.165, 1.54) is 6.07 Å². The number of carbonyl (C=O) groups is 2. The van der Waals surface area contributed by atoms with Crippen LogP contribution in [0.3, 0.4) is 0 Å². The van der Waals surface area contributed by atoms with Gasteiger partial charge in [0.15, 0.2) is 0 Å². The zero-order valence-electron chi connectivity index (χ0n) is 19.3. The molecule has 3 aromatic carbocycles. The van der Waals surface area contributed by atoms with Gasteiger partial charge in [-0.2, -0.15) is 0 Å². The molecule has 1 saturated heterocycles. The highest BCUT2D eigenvalue weighted by Gasteiger charge is 2.31. The molecule has 1 N–H and O–H groups in total. The van der Waals surface area contributed by atoms with Gasteiger partial charge in [0.1, 0.15) is 18.2 Å². The molecule has 2 aliphatic rings. The first kappa shape index (κ1) is 23.1. The number of hydrogen-bond acceptors (Lipinski definition) is 4. The number of amides is 2. The number of carbonyl (C=O) groups excluding carboxylic acids is 2. The molecule has 3 aromatic rings. The number of hydrogen-bond donors (Lipinski definition) is 1. The lowest BCUT2D eigenvalue weighted by Crippen LogP contribution is -2.24. The third kappa shape index (κ3) is 5.20. The van der Waals surface area contributed by atoms with Gasteiger partial charge in [-0.1, -0.05) is 42.5 Å². The number of benzene rings is 3. The van der Waals surface area contributed by atoms with Crippen molar-refractivity contribution in [2.75, 3.05) is 13.2 Å². The van der Waals surface area contributed by atoms with E-state index in [-0.39, 0.29) is 30.3 Å². The highest BCUT2D eigenvalue weighted by Crippen LogP contribution is 2.32. The van der Waals surface area contributed by atoms with Crippen molar-refractivity contribution in [2.45, 2.75) is 38.6 Å². The molecule has 2 aliphatic heterocycles. The van der Waals surface area contributed by atoms with Gasteiger partial charge in [-0.25, -0.2) is 4.39 Å². The number of rotatable bonds is 8. The maximum Gasteiger partial charge on any atom is 0.258 e. The second kappa shape index (κ2) is 10.3. The highest BCUT2D eigenvalue weighted by atomic mass is 19.1. The van der Waals surface area contributed by atoms with Crippen molar-refractivity contribution in [1.29, 1.82) is 0 Å². The van der Waals surface area contributed by atoms with E-state index >= 15 is 0 Å². The van der Waals surface area contributed by atoms with Crippen LogP contribution in [0.25, 0.3) is 0 Å². The van der Waals surface area contributed by atoms with Crippen LogP contribution in [0, 0.1) is 5.82 Å². The van der Waals surface area contributed by atoms with Crippen LogP contribution in [0.5, 0.6) is 5.75 Å². The molecule has 5 rings (SSSR count). The smallest absolute Gasteiger partial charge is 0.258 e. The van der Waals surface area contributed by atoms with Crippen LogP contribution in [0.2, 0.25) is 0 Å². The number of fused-ring (bicyclic) bond motifs is 1. The van der Waals surface area contributed by atoms with Gasteiger partial charge in [0, 0.05) is 37.4 Å². The molecular formula is C28H27FN2O4. The van der Waals surface area contributed by atoms with Crippen molar-refractivity contribution in [3.63, 3.8) is 0 Å². The van der Waals surface area contributed by atoms with Crippen molar-refractivity contribution in [3.8, 4) is 5.75 Å². The maximum absolute atomic E-state index is 13.8. The summed E-state index contributed by atoms with van der Waals surface area (Å²) in [5.74, 6) is -0.0839. The summed E-state index contributed by atoms with van der Waals surface area (Å²) in [5.41, 5.74) is 3.40. The number of nitrogens with zero attached hydrogens (tertiary/aromatic N) is 1. The maximum atomic E-state index is 13.8. The van der Waals surface area contributed by atoms with Crippen molar-refractivity contribution >= 4 is 11.8 Å². The fourth-order valence-electron chi connectivity index (χ4n) is 4.49. The molecule has 0 bridgehead atoms. The molecule has 0 aromatic heterocycles. The normalized spacial score (nSPS) is 16.9. The SMILES string of the molecule is O=C(NCc1ccccc1F)c1ccc(CN2Cc3cccc(OCC4CCCO4)c3C2=O)cc1. The minimum absolute atomic E-state index is 0.0605. The lowest BCUT2D eigenvalue weighted by atomic mass is 10.1. The lowest BCUT2D eigenvalue weighted by molar-refractivity contribution is 0.0659. The molecule has 0 aliphatic carbocycles. The van der Waals surface area contributed by atoms with Crippen LogP contribution >= 0.6 is 0 Å². The molecule has 1 atom stereocenters. The number of ether oxygens (including phenoxy) is 2. The molecule has 6 nitrogen and oxygen atoms in total. The zero-order chi connectivity index (χ0) is 24.2. The van der Waals surface area contributed by atoms with Gasteiger partial charge in [-0.3, -0.25) is 9.59 Å². The fraction of sp³-hybridized carbons (Fsp3) is 0.286. The van der Waals surface area contributed by atoms with Crippen molar-refractivity contribution < 1.29 is 23.5 Å². The summed E-state index contributed by atoms with van der Waals surface area (Å²) in [6.07, 6.45) is 2.10. The summed E-state index contributed by atoms with van der Waals surface area (Å²) >= 11 is 0. The third-order valence-corrected chi connectivity index (χ3v) is 6.41. The van der Waals surface area contributed by atoms with Crippen LogP contribution in [0.15, 0.2) is 66.7 Å². The van der Waals surface area contributed by atoms with Crippen LogP contribution in [0.1, 0.15) is 50.2 Å². The Kier molecular flexibility index (Phi) is 6.77. The third-order valence-electron chi connectivity index (χ3n) is 6.41. The van der Waals surface area contributed by atoms with Crippen LogP contribution in [-0.4, -0.2) is 36.0 Å². The molecule has 35 heavy (non-hydrogen) atoms. The Morgan fingerprint density at radius 3 is 2.69 bits per heavy atom. The van der Waals surface area contributed by atoms with E-state index in [0.717, 1.165) is 30.6 Å². The molecular weight excluding hydrogens is 447 g/mol. The summed E-state index contributed by atoms with van der Waals surface area (Å²) < 4.78 is 25.4. The number of nitrogens with one attached hydrogen (secondary N) is 1. The molecule has 2 heterocycles. The second-order valence-corrected chi connectivity index (χ2v) is 8.87. The van der Waals surface area contributed by atoms with E-state index in [1.54, 1.807) is 35.2 Å². The molecule has 1 unspecified atom stereocenters. The first-order valence-corrected chi connectivity index (χ1v) is 11.8. The van der Waals surface area contributed by atoms with E-state index in [2.05, 4.69) is 5.32 Å². The topological polar surface area (TPSA) is 67.9 Å². The molecule has 2 amide bonds. The van der Waals surface area contributed by atoms with Gasteiger partial charge in [-0.05, 0) is 48.2 Å². The van der Waals surface area contributed by atoms with Gasteiger partial charge in [-0.15, -0.1) is 0 Å². The Bertz CT molecular complexity index is 1220. The molecule has 0 saturated carbocycles. The summed E-state index contributed by atoms with van der Waals surface area (Å²) in [5, 5.41) is 2.74. The first-order valence-electron chi connectivity index (χ1n) is 11.8. The van der Waals surface area contributed by atoms with Gasteiger partial charge in [0.2, 0.25) is 0 Å². The summed E-state index contributed by atoms with van der Waals surface area (Å²) in [6.45, 7) is 2.26. The van der Waals surface area contributed by atoms with E-state index in [4.69, 9.17) is 9.47 Å². The Morgan fingerprint density at radius 1 is 1.09 bits per heavy atom. The van der Waals surface area contributed by atoms with Gasteiger partial charge in [0.25, 0.3) is 11.8 Å². The summed E-state index contributed by atoms with van der Waals surface area (Å²) in [6, 6.07) is 19.2. The molecule has 7 heteroatoms. The Labute approximate surface area is 203 Å². The van der Waals surface area contributed by atoms with Crippen LogP contribution in [-0.2, 0) is 24.4 Å². The fourth-order valence-corrected chi connectivity index (χ4v) is 4.49. The quantitative estimate of drug-likeness (QED) is 0.523. The second-order valence-electron chi connectivity index (χ2n) is 8.87. The summed E-state index contributed by atoms with van der Waals surface area (Å²) in [4.78, 5) is 27.4. The highest BCUT2D eigenvalue weighted by molar-refractivity contribution is 6.01. The Hall–Kier alpha value is -3.71. The number of halogens is 1. The molecule has 180 valence electrons. The first-order chi connectivity index (χ1) is 17.1. The van der Waals surface area contributed by atoms with Crippen molar-refractivity contribution in [3.05, 3.63) is 100 Å². The Balaban J connectivity index is 1.19. The zero-order valence-corrected chi connectivity index (χ0v) is 19.3. The van der Waals surface area contributed by atoms with Crippen LogP contribution in [0.4, 0.5) is 4.39 Å². The Morgan fingerprint density at radius 2 is 1.91 bits per heavy atom. The van der Waals surface area contributed by atoms with E-state index in [1.807, 2.05) is 30.3 Å². The minimum atomic E-state index is -0.347. The van der Waals surface area contributed by atoms with Crippen molar-refractivity contribution in [1.82, 2.24) is 10.2 Å². The van der Waals surface area contributed by atoms with Gasteiger partial charge >= 0.3 is 0 Å². The summed E-state index contributed by atoms with van der Waals surface area (Å²) in [7, 11) is 0. The van der Waals surface area contributed by atoms with E-state index in [9.17, 15) is 14.0 Å². The largest absolute Gasteiger partial charge is 0.490 e. The van der Waals surface area contributed by atoms with E-state index < -0.39 is 0 Å². The minimum Gasteiger partial charge on any atom is -0.490 e. The van der Waals surface area contributed by atoms with E-state index in [0.29, 0.717) is 42.1 Å². The van der Waals surface area contributed by atoms with Crippen LogP contribution < -0.4 is 10.1 Å². The average Bonchev–Trinajstić information content (AvgIpc) is 3.51.